The molecule has 6 heteroatoms. The molecule has 3 aromatic rings. The topological polar surface area (TPSA) is 54.2 Å². The first kappa shape index (κ1) is 18.3. The number of aryl methyl sites for hydroxylation is 2. The van der Waals surface area contributed by atoms with Gasteiger partial charge in [-0.3, -0.25) is 4.99 Å². The Morgan fingerprint density at radius 1 is 1.15 bits per heavy atom. The van der Waals surface area contributed by atoms with Crippen LogP contribution >= 0.6 is 11.6 Å². The zero-order valence-corrected chi connectivity index (χ0v) is 15.9. The molecule has 0 bridgehead atoms. The highest BCUT2D eigenvalue weighted by Gasteiger charge is 2.06. The van der Waals surface area contributed by atoms with Crippen LogP contribution < -0.4 is 10.6 Å². The first-order valence-electron chi connectivity index (χ1n) is 8.78. The molecule has 136 valence electrons. The van der Waals surface area contributed by atoms with Crippen LogP contribution in [0.1, 0.15) is 17.8 Å². The highest BCUT2D eigenvalue weighted by molar-refractivity contribution is 6.30. The molecule has 26 heavy (non-hydrogen) atoms. The molecule has 0 amide bonds. The summed E-state index contributed by atoms with van der Waals surface area (Å²) in [5.74, 6) is 1.84. The second-order valence-electron chi connectivity index (χ2n) is 6.14. The van der Waals surface area contributed by atoms with Crippen molar-refractivity contribution in [1.29, 1.82) is 0 Å². The van der Waals surface area contributed by atoms with E-state index in [9.17, 15) is 0 Å². The van der Waals surface area contributed by atoms with Gasteiger partial charge in [0.1, 0.15) is 5.82 Å². The first-order chi connectivity index (χ1) is 12.7. The molecule has 1 heterocycles. The van der Waals surface area contributed by atoms with Gasteiger partial charge in [0, 0.05) is 31.7 Å². The molecule has 0 radical (unpaired) electrons. The predicted octanol–water partition coefficient (Wildman–Crippen LogP) is 3.75. The van der Waals surface area contributed by atoms with E-state index in [4.69, 9.17) is 11.6 Å². The normalized spacial score (nSPS) is 11.7. The largest absolute Gasteiger partial charge is 0.356 e. The Balaban J connectivity index is 1.48. The molecule has 0 aliphatic carbocycles. The number of aromatic nitrogens is 2. The zero-order chi connectivity index (χ0) is 18.4. The maximum absolute atomic E-state index is 6.02. The van der Waals surface area contributed by atoms with Crippen molar-refractivity contribution in [2.45, 2.75) is 26.4 Å². The van der Waals surface area contributed by atoms with Crippen LogP contribution in [-0.2, 0) is 13.1 Å². The minimum Gasteiger partial charge on any atom is -0.356 e. The number of rotatable bonds is 6. The van der Waals surface area contributed by atoms with Gasteiger partial charge in [-0.15, -0.1) is 0 Å². The van der Waals surface area contributed by atoms with Gasteiger partial charge < -0.3 is 15.2 Å². The molecule has 0 spiro atoms. The number of imidazole rings is 1. The third-order valence-electron chi connectivity index (χ3n) is 4.27. The van der Waals surface area contributed by atoms with E-state index in [0.717, 1.165) is 47.4 Å². The standard InChI is InChI=1S/C20H24ClN5/c1-15-25-18-9-3-4-10-19(18)26(15)12-6-11-23-20(22-2)24-14-16-7-5-8-17(21)13-16/h3-5,7-10,13H,6,11-12,14H2,1-2H3,(H2,22,23,24). The molecule has 5 nitrogen and oxygen atoms in total. The number of halogens is 1. The number of guanidine groups is 1. The smallest absolute Gasteiger partial charge is 0.191 e. The van der Waals surface area contributed by atoms with Gasteiger partial charge in [0.15, 0.2) is 5.96 Å². The lowest BCUT2D eigenvalue weighted by Gasteiger charge is -2.13. The van der Waals surface area contributed by atoms with Crippen LogP contribution in [-0.4, -0.2) is 29.1 Å². The van der Waals surface area contributed by atoms with Crippen molar-refractivity contribution in [3.05, 3.63) is 64.9 Å². The Labute approximate surface area is 159 Å². The molecule has 2 aromatic carbocycles. The van der Waals surface area contributed by atoms with Crippen LogP contribution in [0.2, 0.25) is 5.02 Å². The lowest BCUT2D eigenvalue weighted by molar-refractivity contribution is 0.624. The lowest BCUT2D eigenvalue weighted by atomic mass is 10.2. The summed E-state index contributed by atoms with van der Waals surface area (Å²) in [6.07, 6.45) is 0.985. The highest BCUT2D eigenvalue weighted by atomic mass is 35.5. The molecule has 2 N–H and O–H groups in total. The van der Waals surface area contributed by atoms with Crippen LogP contribution in [0.25, 0.3) is 11.0 Å². The van der Waals surface area contributed by atoms with Crippen molar-refractivity contribution < 1.29 is 0 Å². The second-order valence-corrected chi connectivity index (χ2v) is 6.57. The van der Waals surface area contributed by atoms with Crippen molar-refractivity contribution in [2.24, 2.45) is 4.99 Å². The number of hydrogen-bond donors (Lipinski definition) is 2. The van der Waals surface area contributed by atoms with Crippen LogP contribution in [0, 0.1) is 6.92 Å². The summed E-state index contributed by atoms with van der Waals surface area (Å²) in [5, 5.41) is 7.41. The summed E-state index contributed by atoms with van der Waals surface area (Å²) >= 11 is 6.02. The lowest BCUT2D eigenvalue weighted by Crippen LogP contribution is -2.37. The van der Waals surface area contributed by atoms with E-state index in [-0.39, 0.29) is 0 Å². The summed E-state index contributed by atoms with van der Waals surface area (Å²) < 4.78 is 2.26. The number of benzene rings is 2. The molecule has 0 aliphatic rings. The van der Waals surface area contributed by atoms with E-state index in [2.05, 4.69) is 50.3 Å². The molecule has 0 atom stereocenters. The SMILES string of the molecule is CN=C(NCCCn1c(C)nc2ccccc21)NCc1cccc(Cl)c1. The van der Waals surface area contributed by atoms with Gasteiger partial charge in [-0.25, -0.2) is 4.98 Å². The molecule has 0 saturated carbocycles. The van der Waals surface area contributed by atoms with Crippen molar-refractivity contribution in [1.82, 2.24) is 20.2 Å². The molecule has 3 rings (SSSR count). The maximum atomic E-state index is 6.02. The van der Waals surface area contributed by atoms with E-state index in [1.165, 1.54) is 5.52 Å². The average Bonchev–Trinajstić information content (AvgIpc) is 2.96. The van der Waals surface area contributed by atoms with Gasteiger partial charge in [0.25, 0.3) is 0 Å². The quantitative estimate of drug-likeness (QED) is 0.395. The maximum Gasteiger partial charge on any atom is 0.191 e. The Bertz CT molecular complexity index is 900. The monoisotopic (exact) mass is 369 g/mol. The first-order valence-corrected chi connectivity index (χ1v) is 9.16. The minimum atomic E-state index is 0.686. The number of nitrogens with zero attached hydrogens (tertiary/aromatic N) is 3. The molecule has 0 saturated heterocycles. The van der Waals surface area contributed by atoms with E-state index in [0.29, 0.717) is 6.54 Å². The second kappa shape index (κ2) is 8.72. The summed E-state index contributed by atoms with van der Waals surface area (Å²) in [6, 6.07) is 16.1. The number of hydrogen-bond acceptors (Lipinski definition) is 2. The van der Waals surface area contributed by atoms with Crippen molar-refractivity contribution in [2.75, 3.05) is 13.6 Å². The third kappa shape index (κ3) is 4.55. The summed E-state index contributed by atoms with van der Waals surface area (Å²) in [6.45, 7) is 4.50. The zero-order valence-electron chi connectivity index (χ0n) is 15.2. The van der Waals surface area contributed by atoms with Gasteiger partial charge in [-0.1, -0.05) is 35.9 Å². The fraction of sp³-hybridized carbons (Fsp3) is 0.300. The fourth-order valence-corrected chi connectivity index (χ4v) is 3.19. The van der Waals surface area contributed by atoms with Crippen molar-refractivity contribution in [3.8, 4) is 0 Å². The van der Waals surface area contributed by atoms with Crippen molar-refractivity contribution >= 4 is 28.6 Å². The number of fused-ring (bicyclic) bond motifs is 1. The highest BCUT2D eigenvalue weighted by Crippen LogP contribution is 2.15. The molecular weight excluding hydrogens is 346 g/mol. The minimum absolute atomic E-state index is 0.686. The van der Waals surface area contributed by atoms with Crippen LogP contribution in [0.4, 0.5) is 0 Å². The molecule has 1 aromatic heterocycles. The Kier molecular flexibility index (Phi) is 6.12. The van der Waals surface area contributed by atoms with E-state index in [1.54, 1.807) is 7.05 Å². The van der Waals surface area contributed by atoms with Crippen LogP contribution in [0.3, 0.4) is 0 Å². The van der Waals surface area contributed by atoms with Gasteiger partial charge in [-0.05, 0) is 43.2 Å². The number of para-hydroxylation sites is 2. The fourth-order valence-electron chi connectivity index (χ4n) is 2.98. The van der Waals surface area contributed by atoms with Gasteiger partial charge in [0.2, 0.25) is 0 Å². The van der Waals surface area contributed by atoms with Crippen LogP contribution in [0.15, 0.2) is 53.5 Å². The average molecular weight is 370 g/mol. The molecular formula is C20H24ClN5. The van der Waals surface area contributed by atoms with E-state index < -0.39 is 0 Å². The van der Waals surface area contributed by atoms with Crippen molar-refractivity contribution in [3.63, 3.8) is 0 Å². The Morgan fingerprint density at radius 2 is 2.00 bits per heavy atom. The third-order valence-corrected chi connectivity index (χ3v) is 4.50. The molecule has 0 unspecified atom stereocenters. The Hall–Kier alpha value is -2.53. The van der Waals surface area contributed by atoms with Crippen LogP contribution in [0.5, 0.6) is 0 Å². The number of nitrogens with one attached hydrogen (secondary N) is 2. The van der Waals surface area contributed by atoms with E-state index >= 15 is 0 Å². The number of aliphatic imine (C=N–C) groups is 1. The Morgan fingerprint density at radius 3 is 2.81 bits per heavy atom. The van der Waals surface area contributed by atoms with Gasteiger partial charge >= 0.3 is 0 Å². The summed E-state index contributed by atoms with van der Waals surface area (Å²) in [5.41, 5.74) is 3.37. The summed E-state index contributed by atoms with van der Waals surface area (Å²) in [4.78, 5) is 8.88. The molecule has 0 fully saturated rings. The van der Waals surface area contributed by atoms with Gasteiger partial charge in [-0.2, -0.15) is 0 Å². The predicted molar refractivity (Wildman–Crippen MR) is 109 cm³/mol. The van der Waals surface area contributed by atoms with Gasteiger partial charge in [0.05, 0.1) is 11.0 Å². The summed E-state index contributed by atoms with van der Waals surface area (Å²) in [7, 11) is 1.78. The van der Waals surface area contributed by atoms with E-state index in [1.807, 2.05) is 30.3 Å². The molecule has 0 aliphatic heterocycles.